The predicted molar refractivity (Wildman–Crippen MR) is 186 cm³/mol. The van der Waals surface area contributed by atoms with Crippen LogP contribution >= 0.6 is 11.6 Å². The molecule has 258 valence electrons. The highest BCUT2D eigenvalue weighted by Crippen LogP contribution is 2.44. The Bertz CT molecular complexity index is 2140. The molecule has 2 aromatic heterocycles. The van der Waals surface area contributed by atoms with Gasteiger partial charge in [0.2, 0.25) is 11.8 Å². The molecule has 2 aliphatic heterocycles. The van der Waals surface area contributed by atoms with Crippen molar-refractivity contribution in [3.05, 3.63) is 81.9 Å². The molecule has 0 spiro atoms. The lowest BCUT2D eigenvalue weighted by atomic mass is 9.94. The van der Waals surface area contributed by atoms with Gasteiger partial charge in [-0.2, -0.15) is 0 Å². The molecule has 2 saturated heterocycles. The molecule has 8 rings (SSSR count). The quantitative estimate of drug-likeness (QED) is 0.181. The van der Waals surface area contributed by atoms with Crippen LogP contribution in [0.15, 0.2) is 53.1 Å². The number of halogens is 2. The first-order valence-corrected chi connectivity index (χ1v) is 17.4. The largest absolute Gasteiger partial charge is 0.481 e. The van der Waals surface area contributed by atoms with Crippen molar-refractivity contribution >= 4 is 28.7 Å². The maximum absolute atomic E-state index is 16.0. The highest BCUT2D eigenvalue weighted by molar-refractivity contribution is 6.36. The van der Waals surface area contributed by atoms with Gasteiger partial charge in [0.1, 0.15) is 11.2 Å². The highest BCUT2D eigenvalue weighted by atomic mass is 35.5. The van der Waals surface area contributed by atoms with E-state index in [-0.39, 0.29) is 17.7 Å². The molecule has 4 heterocycles. The van der Waals surface area contributed by atoms with Crippen molar-refractivity contribution in [2.75, 3.05) is 33.3 Å². The van der Waals surface area contributed by atoms with Crippen LogP contribution in [0.2, 0.25) is 5.02 Å². The van der Waals surface area contributed by atoms with E-state index in [1.165, 1.54) is 0 Å². The van der Waals surface area contributed by atoms with Gasteiger partial charge in [-0.3, -0.25) is 19.6 Å². The number of aliphatic hydroxyl groups is 1. The second kappa shape index (κ2) is 13.0. The van der Waals surface area contributed by atoms with Gasteiger partial charge in [0.05, 0.1) is 36.0 Å². The number of ether oxygens (including phenoxy) is 1. The molecular weight excluding hydrogens is 661 g/mol. The molecule has 1 aliphatic carbocycles. The predicted octanol–water partition coefficient (Wildman–Crippen LogP) is 6.69. The molecular formula is C38H37ClFN5O5. The van der Waals surface area contributed by atoms with Gasteiger partial charge in [0, 0.05) is 48.9 Å². The molecule has 10 nitrogen and oxygen atoms in total. The standard InChI is InChI=1S/C38H37ClFN5O5/c1-20-23(25-7-4-8-27(33(25)39)30-16-41-31(37(43-30)49-2)19-44-13-12-22(46)18-44)5-3-6-24(20)36-42-29-15-28-26(34(40)35(29)50-36)9-10-32(28)45-14-11-21(17-45)38(47)48/h3-8,15-16,21-22,32,46H,9-14,17-19H2,1-2H3,(H,47,48)/t21-,22-,32-/m1/s1. The third-order valence-electron chi connectivity index (χ3n) is 10.5. The van der Waals surface area contributed by atoms with Crippen LogP contribution in [0.5, 0.6) is 5.88 Å². The monoisotopic (exact) mass is 697 g/mol. The van der Waals surface area contributed by atoms with Crippen LogP contribution in [0.4, 0.5) is 4.39 Å². The van der Waals surface area contributed by atoms with Gasteiger partial charge in [-0.25, -0.2) is 14.4 Å². The van der Waals surface area contributed by atoms with Crippen LogP contribution in [0.3, 0.4) is 0 Å². The second-order valence-electron chi connectivity index (χ2n) is 13.5. The van der Waals surface area contributed by atoms with Crippen LogP contribution in [0.25, 0.3) is 44.9 Å². The molecule has 3 aliphatic rings. The number of hydrogen-bond donors (Lipinski definition) is 2. The average molecular weight is 698 g/mol. The Hall–Kier alpha value is -4.42. The number of aliphatic carboxylic acids is 1. The lowest BCUT2D eigenvalue weighted by molar-refractivity contribution is -0.141. The van der Waals surface area contributed by atoms with Crippen molar-refractivity contribution in [1.82, 2.24) is 24.8 Å². The Morgan fingerprint density at radius 3 is 2.58 bits per heavy atom. The van der Waals surface area contributed by atoms with E-state index in [2.05, 4.69) is 14.8 Å². The van der Waals surface area contributed by atoms with Crippen LogP contribution in [0.1, 0.15) is 47.7 Å². The third-order valence-corrected chi connectivity index (χ3v) is 11.0. The van der Waals surface area contributed by atoms with Gasteiger partial charge < -0.3 is 19.4 Å². The average Bonchev–Trinajstić information content (AvgIpc) is 3.92. The van der Waals surface area contributed by atoms with Gasteiger partial charge in [-0.15, -0.1) is 0 Å². The summed E-state index contributed by atoms with van der Waals surface area (Å²) in [5.41, 5.74) is 7.28. The zero-order chi connectivity index (χ0) is 34.7. The van der Waals surface area contributed by atoms with E-state index in [9.17, 15) is 15.0 Å². The first kappa shape index (κ1) is 32.8. The number of oxazole rings is 1. The highest BCUT2D eigenvalue weighted by Gasteiger charge is 2.38. The summed E-state index contributed by atoms with van der Waals surface area (Å²) < 4.78 is 27.7. The summed E-state index contributed by atoms with van der Waals surface area (Å²) in [6.45, 7) is 5.02. The number of aliphatic hydroxyl groups excluding tert-OH is 1. The molecule has 50 heavy (non-hydrogen) atoms. The third kappa shape index (κ3) is 5.72. The van der Waals surface area contributed by atoms with E-state index < -0.39 is 17.7 Å². The zero-order valence-corrected chi connectivity index (χ0v) is 28.6. The maximum Gasteiger partial charge on any atom is 0.307 e. The molecule has 5 aromatic rings. The Morgan fingerprint density at radius 2 is 1.84 bits per heavy atom. The summed E-state index contributed by atoms with van der Waals surface area (Å²) in [6.07, 6.45) is 4.01. The number of rotatable bonds is 8. The molecule has 2 fully saturated rings. The van der Waals surface area contributed by atoms with Gasteiger partial charge in [0.25, 0.3) is 0 Å². The fraction of sp³-hybridized carbons (Fsp3) is 0.368. The molecule has 0 radical (unpaired) electrons. The van der Waals surface area contributed by atoms with Gasteiger partial charge >= 0.3 is 5.97 Å². The number of likely N-dealkylation sites (tertiary alicyclic amines) is 2. The van der Waals surface area contributed by atoms with Crippen molar-refractivity contribution in [3.8, 4) is 39.7 Å². The molecule has 3 atom stereocenters. The summed E-state index contributed by atoms with van der Waals surface area (Å²) in [6, 6.07) is 13.4. The molecule has 0 unspecified atom stereocenters. The molecule has 0 bridgehead atoms. The van der Waals surface area contributed by atoms with Crippen LogP contribution in [-0.2, 0) is 17.8 Å². The first-order valence-electron chi connectivity index (χ1n) is 17.0. The summed E-state index contributed by atoms with van der Waals surface area (Å²) in [5, 5.41) is 19.9. The summed E-state index contributed by atoms with van der Waals surface area (Å²) in [5.74, 6) is -0.840. The van der Waals surface area contributed by atoms with Gasteiger partial charge in [-0.1, -0.05) is 41.9 Å². The maximum atomic E-state index is 16.0. The lowest BCUT2D eigenvalue weighted by Crippen LogP contribution is -2.26. The molecule has 3 aromatic carbocycles. The minimum absolute atomic E-state index is 0.0344. The number of carboxylic acid groups (broad SMARTS) is 1. The van der Waals surface area contributed by atoms with Crippen LogP contribution < -0.4 is 4.74 Å². The number of nitrogens with zero attached hydrogens (tertiary/aromatic N) is 5. The Morgan fingerprint density at radius 1 is 1.06 bits per heavy atom. The Kier molecular flexibility index (Phi) is 8.54. The lowest BCUT2D eigenvalue weighted by Gasteiger charge is -2.24. The van der Waals surface area contributed by atoms with Crippen molar-refractivity contribution in [2.45, 2.75) is 51.3 Å². The number of methoxy groups -OCH3 is 1. The minimum Gasteiger partial charge on any atom is -0.481 e. The van der Waals surface area contributed by atoms with E-state index in [0.717, 1.165) is 47.2 Å². The summed E-state index contributed by atoms with van der Waals surface area (Å²) >= 11 is 7.10. The minimum atomic E-state index is -0.780. The fourth-order valence-corrected chi connectivity index (χ4v) is 8.23. The molecule has 12 heteroatoms. The van der Waals surface area contributed by atoms with Crippen molar-refractivity contribution in [1.29, 1.82) is 0 Å². The smallest absolute Gasteiger partial charge is 0.307 e. The van der Waals surface area contributed by atoms with E-state index >= 15 is 4.39 Å². The van der Waals surface area contributed by atoms with E-state index in [0.29, 0.717) is 83.8 Å². The zero-order valence-electron chi connectivity index (χ0n) is 27.8. The van der Waals surface area contributed by atoms with Gasteiger partial charge in [0.15, 0.2) is 11.4 Å². The normalized spacial score (nSPS) is 20.9. The van der Waals surface area contributed by atoms with E-state index in [1.54, 1.807) is 13.3 Å². The second-order valence-corrected chi connectivity index (χ2v) is 13.9. The van der Waals surface area contributed by atoms with Crippen LogP contribution in [0, 0.1) is 18.7 Å². The van der Waals surface area contributed by atoms with Crippen molar-refractivity contribution in [2.24, 2.45) is 5.92 Å². The number of aromatic nitrogens is 3. The SMILES string of the molecule is COc1nc(-c2cccc(-c3cccc(-c4nc5cc6c(c(F)c5o4)CC[C@H]6N4CC[C@@H](C(=O)O)C4)c3C)c2Cl)cnc1CN1CC[C@@H](O)C1. The van der Waals surface area contributed by atoms with E-state index in [1.807, 2.05) is 49.4 Å². The number of benzene rings is 3. The van der Waals surface area contributed by atoms with Crippen LogP contribution in [-0.4, -0.2) is 80.3 Å². The number of hydrogen-bond acceptors (Lipinski definition) is 9. The number of β-amino-alcohol motifs (C(OH)–C–C–N with tert-alkyl or cyclic N) is 1. The van der Waals surface area contributed by atoms with Gasteiger partial charge in [-0.05, 0) is 73.5 Å². The Balaban J connectivity index is 1.11. The summed E-state index contributed by atoms with van der Waals surface area (Å²) in [7, 11) is 1.57. The number of carbonyl (C=O) groups is 1. The number of fused-ring (bicyclic) bond motifs is 2. The molecule has 0 saturated carbocycles. The fourth-order valence-electron chi connectivity index (χ4n) is 7.90. The first-order chi connectivity index (χ1) is 24.2. The summed E-state index contributed by atoms with van der Waals surface area (Å²) in [4.78, 5) is 30.1. The van der Waals surface area contributed by atoms with E-state index in [4.69, 9.17) is 30.7 Å². The Labute approximate surface area is 293 Å². The van der Waals surface area contributed by atoms with Crippen molar-refractivity contribution in [3.63, 3.8) is 0 Å². The molecule has 2 N–H and O–H groups in total. The number of carboxylic acids is 1. The topological polar surface area (TPSA) is 125 Å². The molecule has 0 amide bonds. The van der Waals surface area contributed by atoms with Crippen molar-refractivity contribution < 1.29 is 28.6 Å².